The van der Waals surface area contributed by atoms with Crippen molar-refractivity contribution >= 4 is 39.1 Å². The molecule has 0 saturated carbocycles. The fraction of sp³-hybridized carbons (Fsp3) is 0.440. The number of carbonyl (C=O) groups excluding carboxylic acids is 2. The van der Waals surface area contributed by atoms with Gasteiger partial charge in [-0.25, -0.2) is 8.42 Å². The fourth-order valence-corrected chi connectivity index (χ4v) is 4.50. The lowest BCUT2D eigenvalue weighted by atomic mass is 10.1. The molecule has 1 N–H and O–H groups in total. The van der Waals surface area contributed by atoms with E-state index in [2.05, 4.69) is 5.32 Å². The van der Waals surface area contributed by atoms with Gasteiger partial charge in [0.1, 0.15) is 18.3 Å². The predicted octanol–water partition coefficient (Wildman–Crippen LogP) is 3.84. The van der Waals surface area contributed by atoms with Crippen LogP contribution in [0.3, 0.4) is 0 Å². The smallest absolute Gasteiger partial charge is 0.244 e. The number of ether oxygens (including phenoxy) is 1. The van der Waals surface area contributed by atoms with Gasteiger partial charge in [0.2, 0.25) is 21.8 Å². The number of sulfonamides is 1. The number of nitrogens with zero attached hydrogens (tertiary/aromatic N) is 2. The van der Waals surface area contributed by atoms with E-state index in [1.165, 1.54) is 4.90 Å². The molecule has 0 bridgehead atoms. The van der Waals surface area contributed by atoms with Crippen molar-refractivity contribution in [3.05, 3.63) is 59.1 Å². The van der Waals surface area contributed by atoms with Gasteiger partial charge in [0, 0.05) is 18.1 Å². The van der Waals surface area contributed by atoms with Crippen LogP contribution in [0.2, 0.25) is 5.02 Å². The Balaban J connectivity index is 2.33. The molecule has 1 atom stereocenters. The Hall–Kier alpha value is -2.78. The Bertz CT molecular complexity index is 1090. The van der Waals surface area contributed by atoms with Gasteiger partial charge in [-0.05, 0) is 62.2 Å². The van der Waals surface area contributed by atoms with Gasteiger partial charge >= 0.3 is 0 Å². The SMILES string of the molecule is CCCCNC(=O)C(C)N(Cc1cccc(Cl)c1)C(=O)CN(c1ccc(OCC)cc1)S(C)(=O)=O. The average Bonchev–Trinajstić information content (AvgIpc) is 2.80. The molecule has 0 radical (unpaired) electrons. The maximum Gasteiger partial charge on any atom is 0.244 e. The minimum Gasteiger partial charge on any atom is -0.494 e. The lowest BCUT2D eigenvalue weighted by Gasteiger charge is -2.31. The molecule has 2 amide bonds. The number of rotatable bonds is 13. The number of unbranched alkanes of at least 4 members (excludes halogenated alkanes) is 1. The van der Waals surface area contributed by atoms with Crippen molar-refractivity contribution in [2.45, 2.75) is 46.2 Å². The van der Waals surface area contributed by atoms with Gasteiger partial charge in [-0.1, -0.05) is 37.1 Å². The molecule has 2 aromatic rings. The highest BCUT2D eigenvalue weighted by Gasteiger charge is 2.30. The van der Waals surface area contributed by atoms with Crippen LogP contribution < -0.4 is 14.4 Å². The molecular weight excluding hydrogens is 490 g/mol. The molecule has 0 aliphatic carbocycles. The highest BCUT2D eigenvalue weighted by Crippen LogP contribution is 2.23. The van der Waals surface area contributed by atoms with Crippen molar-refractivity contribution in [3.63, 3.8) is 0 Å². The number of carbonyl (C=O) groups is 2. The lowest BCUT2D eigenvalue weighted by Crippen LogP contribution is -2.51. The van der Waals surface area contributed by atoms with Gasteiger partial charge in [0.15, 0.2) is 0 Å². The molecule has 0 spiro atoms. The molecule has 2 rings (SSSR count). The first-order valence-electron chi connectivity index (χ1n) is 11.6. The van der Waals surface area contributed by atoms with E-state index in [0.717, 1.165) is 29.0 Å². The first kappa shape index (κ1) is 28.5. The quantitative estimate of drug-likeness (QED) is 0.402. The molecule has 0 heterocycles. The van der Waals surface area contributed by atoms with Crippen molar-refractivity contribution < 1.29 is 22.7 Å². The summed E-state index contributed by atoms with van der Waals surface area (Å²) < 4.78 is 31.7. The fourth-order valence-electron chi connectivity index (χ4n) is 3.44. The second-order valence-electron chi connectivity index (χ2n) is 8.17. The van der Waals surface area contributed by atoms with Crippen LogP contribution in [0, 0.1) is 0 Å². The Kier molecular flexibility index (Phi) is 10.9. The van der Waals surface area contributed by atoms with E-state index in [-0.39, 0.29) is 12.5 Å². The maximum atomic E-state index is 13.5. The second kappa shape index (κ2) is 13.3. The average molecular weight is 524 g/mol. The number of hydrogen-bond acceptors (Lipinski definition) is 5. The van der Waals surface area contributed by atoms with Gasteiger partial charge in [-0.2, -0.15) is 0 Å². The summed E-state index contributed by atoms with van der Waals surface area (Å²) >= 11 is 6.11. The van der Waals surface area contributed by atoms with Crippen LogP contribution >= 0.6 is 11.6 Å². The van der Waals surface area contributed by atoms with E-state index >= 15 is 0 Å². The minimum atomic E-state index is -3.79. The van der Waals surface area contributed by atoms with Crippen LogP contribution in [0.15, 0.2) is 48.5 Å². The first-order chi connectivity index (χ1) is 16.6. The van der Waals surface area contributed by atoms with Crippen LogP contribution in [-0.4, -0.2) is 57.1 Å². The summed E-state index contributed by atoms with van der Waals surface area (Å²) in [6.45, 7) is 6.12. The largest absolute Gasteiger partial charge is 0.494 e. The van der Waals surface area contributed by atoms with E-state index in [1.807, 2.05) is 13.8 Å². The van der Waals surface area contributed by atoms with Crippen molar-refractivity contribution in [2.24, 2.45) is 0 Å². The molecule has 0 saturated heterocycles. The molecule has 0 fully saturated rings. The van der Waals surface area contributed by atoms with Crippen LogP contribution in [0.4, 0.5) is 5.69 Å². The van der Waals surface area contributed by atoms with E-state index < -0.39 is 28.5 Å². The van der Waals surface area contributed by atoms with Gasteiger partial charge in [0.25, 0.3) is 0 Å². The van der Waals surface area contributed by atoms with E-state index in [4.69, 9.17) is 16.3 Å². The normalized spacial score (nSPS) is 12.0. The molecule has 8 nitrogen and oxygen atoms in total. The molecule has 192 valence electrons. The van der Waals surface area contributed by atoms with Crippen LogP contribution in [0.25, 0.3) is 0 Å². The first-order valence-corrected chi connectivity index (χ1v) is 13.8. The Labute approximate surface area is 213 Å². The monoisotopic (exact) mass is 523 g/mol. The summed E-state index contributed by atoms with van der Waals surface area (Å²) in [5, 5.41) is 3.35. The molecule has 35 heavy (non-hydrogen) atoms. The zero-order chi connectivity index (χ0) is 26.0. The van der Waals surface area contributed by atoms with Crippen molar-refractivity contribution in [1.82, 2.24) is 10.2 Å². The Morgan fingerprint density at radius 3 is 2.37 bits per heavy atom. The van der Waals surface area contributed by atoms with E-state index in [1.54, 1.807) is 55.5 Å². The molecule has 10 heteroatoms. The predicted molar refractivity (Wildman–Crippen MR) is 139 cm³/mol. The van der Waals surface area contributed by atoms with Crippen LogP contribution in [0.1, 0.15) is 39.2 Å². The summed E-state index contributed by atoms with van der Waals surface area (Å²) in [4.78, 5) is 27.7. The number of benzene rings is 2. The molecule has 1 unspecified atom stereocenters. The van der Waals surface area contributed by atoms with Gasteiger partial charge in [-0.15, -0.1) is 0 Å². The zero-order valence-corrected chi connectivity index (χ0v) is 22.2. The maximum absolute atomic E-state index is 13.5. The third kappa shape index (κ3) is 8.74. The number of nitrogens with one attached hydrogen (secondary N) is 1. The van der Waals surface area contributed by atoms with Crippen molar-refractivity contribution in [1.29, 1.82) is 0 Å². The minimum absolute atomic E-state index is 0.0998. The second-order valence-corrected chi connectivity index (χ2v) is 10.5. The highest BCUT2D eigenvalue weighted by atomic mass is 35.5. The molecule has 2 aromatic carbocycles. The Morgan fingerprint density at radius 2 is 1.80 bits per heavy atom. The van der Waals surface area contributed by atoms with Gasteiger partial charge in [0.05, 0.1) is 18.6 Å². The van der Waals surface area contributed by atoms with E-state index in [0.29, 0.717) is 29.6 Å². The number of halogens is 1. The molecule has 0 aliphatic heterocycles. The van der Waals surface area contributed by atoms with Crippen LogP contribution in [-0.2, 0) is 26.2 Å². The van der Waals surface area contributed by atoms with Gasteiger partial charge < -0.3 is 15.0 Å². The molecular formula is C25H34ClN3O5S. The van der Waals surface area contributed by atoms with Crippen molar-refractivity contribution in [3.8, 4) is 5.75 Å². The zero-order valence-electron chi connectivity index (χ0n) is 20.7. The summed E-state index contributed by atoms with van der Waals surface area (Å²) in [6.07, 6.45) is 2.78. The lowest BCUT2D eigenvalue weighted by molar-refractivity contribution is -0.139. The summed E-state index contributed by atoms with van der Waals surface area (Å²) in [5.74, 6) is -0.223. The third-order valence-corrected chi connectivity index (χ3v) is 6.73. The number of hydrogen-bond donors (Lipinski definition) is 1. The topological polar surface area (TPSA) is 96.0 Å². The molecule has 0 aliphatic rings. The summed E-state index contributed by atoms with van der Waals surface area (Å²) in [6, 6.07) is 12.6. The van der Waals surface area contributed by atoms with E-state index in [9.17, 15) is 18.0 Å². The van der Waals surface area contributed by atoms with Crippen LogP contribution in [0.5, 0.6) is 5.75 Å². The summed E-state index contributed by atoms with van der Waals surface area (Å²) in [5.41, 5.74) is 1.05. The molecule has 0 aromatic heterocycles. The highest BCUT2D eigenvalue weighted by molar-refractivity contribution is 7.92. The Morgan fingerprint density at radius 1 is 1.11 bits per heavy atom. The third-order valence-electron chi connectivity index (χ3n) is 5.35. The number of anilines is 1. The standard InChI is InChI=1S/C25H34ClN3O5S/c1-5-7-15-27-25(31)19(3)28(17-20-9-8-10-21(26)16-20)24(30)18-29(35(4,32)33)22-11-13-23(14-12-22)34-6-2/h8-14,16,19H,5-7,15,17-18H2,1-4H3,(H,27,31). The van der Waals surface area contributed by atoms with Crippen molar-refractivity contribution in [2.75, 3.05) is 30.3 Å². The van der Waals surface area contributed by atoms with Gasteiger partial charge in [-0.3, -0.25) is 13.9 Å². The summed E-state index contributed by atoms with van der Waals surface area (Å²) in [7, 11) is -3.79. The number of amides is 2.